The number of carbonyl (C=O) groups is 3. The van der Waals surface area contributed by atoms with Crippen molar-refractivity contribution in [1.82, 2.24) is 19.9 Å². The number of rotatable bonds is 7. The van der Waals surface area contributed by atoms with Gasteiger partial charge in [-0.2, -0.15) is 0 Å². The molecule has 5 rings (SSSR count). The second kappa shape index (κ2) is 9.15. The van der Waals surface area contributed by atoms with Crippen LogP contribution >= 0.6 is 11.3 Å². The molecule has 3 heterocycles. The van der Waals surface area contributed by atoms with Gasteiger partial charge in [-0.1, -0.05) is 12.1 Å². The van der Waals surface area contributed by atoms with Crippen LogP contribution in [0.4, 0.5) is 5.13 Å². The topological polar surface area (TPSA) is 117 Å². The van der Waals surface area contributed by atoms with E-state index in [0.29, 0.717) is 10.8 Å². The fraction of sp³-hybridized carbons (Fsp3) is 0.160. The lowest BCUT2D eigenvalue weighted by Crippen LogP contribution is -2.48. The number of anilines is 1. The molecule has 0 fully saturated rings. The normalized spacial score (nSPS) is 13.6. The molecule has 10 heteroatoms. The highest BCUT2D eigenvalue weighted by molar-refractivity contribution is 7.16. The van der Waals surface area contributed by atoms with Crippen LogP contribution in [0.5, 0.6) is 5.75 Å². The zero-order valence-electron chi connectivity index (χ0n) is 18.9. The summed E-state index contributed by atoms with van der Waals surface area (Å²) in [6.45, 7) is 1.92. The molecule has 2 aromatic carbocycles. The summed E-state index contributed by atoms with van der Waals surface area (Å²) >= 11 is 1.32. The molecule has 176 valence electrons. The third-order valence-corrected chi connectivity index (χ3v) is 6.68. The minimum absolute atomic E-state index is 0.0903. The number of aromatic nitrogens is 3. The largest absolute Gasteiger partial charge is 0.497 e. The van der Waals surface area contributed by atoms with Crippen molar-refractivity contribution < 1.29 is 19.1 Å². The maximum absolute atomic E-state index is 13.5. The van der Waals surface area contributed by atoms with Crippen LogP contribution in [-0.2, 0) is 11.2 Å². The molecule has 1 atom stereocenters. The van der Waals surface area contributed by atoms with E-state index in [-0.39, 0.29) is 17.5 Å². The SMILES string of the molecule is COc1ccc(-c2nc(NC(=O)C(Cc3cnc[nH]3)N3C(=O)c4ccccc4C3=O)sc2C)cc1. The molecule has 9 nitrogen and oxygen atoms in total. The second-order valence-electron chi connectivity index (χ2n) is 7.96. The second-order valence-corrected chi connectivity index (χ2v) is 9.17. The van der Waals surface area contributed by atoms with Gasteiger partial charge in [0.25, 0.3) is 11.8 Å². The number of aryl methyl sites for hydroxylation is 1. The summed E-state index contributed by atoms with van der Waals surface area (Å²) in [6, 6.07) is 12.9. The van der Waals surface area contributed by atoms with E-state index in [4.69, 9.17) is 4.74 Å². The summed E-state index contributed by atoms with van der Waals surface area (Å²) in [7, 11) is 1.60. The quantitative estimate of drug-likeness (QED) is 0.384. The summed E-state index contributed by atoms with van der Waals surface area (Å²) in [5, 5.41) is 3.20. The van der Waals surface area contributed by atoms with Gasteiger partial charge >= 0.3 is 0 Å². The van der Waals surface area contributed by atoms with Crippen molar-refractivity contribution in [3.63, 3.8) is 0 Å². The van der Waals surface area contributed by atoms with E-state index in [1.54, 1.807) is 37.6 Å². The number of hydrogen-bond donors (Lipinski definition) is 2. The Bertz CT molecular complexity index is 1380. The Morgan fingerprint density at radius 3 is 2.40 bits per heavy atom. The molecule has 2 N–H and O–H groups in total. The first-order valence-electron chi connectivity index (χ1n) is 10.8. The van der Waals surface area contributed by atoms with Gasteiger partial charge < -0.3 is 15.0 Å². The Kier molecular flexibility index (Phi) is 5.87. The Morgan fingerprint density at radius 1 is 1.11 bits per heavy atom. The van der Waals surface area contributed by atoms with Crippen LogP contribution in [0.25, 0.3) is 11.3 Å². The molecule has 0 spiro atoms. The first-order valence-corrected chi connectivity index (χ1v) is 11.6. The van der Waals surface area contributed by atoms with Crippen LogP contribution in [0.1, 0.15) is 31.3 Å². The minimum atomic E-state index is -1.09. The first-order chi connectivity index (χ1) is 17.0. The number of imide groups is 1. The van der Waals surface area contributed by atoms with Gasteiger partial charge in [0.2, 0.25) is 5.91 Å². The summed E-state index contributed by atoms with van der Waals surface area (Å²) in [6.07, 6.45) is 3.14. The number of fused-ring (bicyclic) bond motifs is 1. The fourth-order valence-corrected chi connectivity index (χ4v) is 4.89. The zero-order valence-corrected chi connectivity index (χ0v) is 19.8. The lowest BCUT2D eigenvalue weighted by atomic mass is 10.1. The zero-order chi connectivity index (χ0) is 24.5. The maximum atomic E-state index is 13.5. The summed E-state index contributed by atoms with van der Waals surface area (Å²) < 4.78 is 5.21. The Balaban J connectivity index is 1.43. The van der Waals surface area contributed by atoms with Crippen LogP contribution in [0.15, 0.2) is 61.1 Å². The molecule has 4 aromatic rings. The van der Waals surface area contributed by atoms with E-state index in [1.807, 2.05) is 31.2 Å². The van der Waals surface area contributed by atoms with Crippen molar-refractivity contribution in [3.8, 4) is 17.0 Å². The van der Waals surface area contributed by atoms with Crippen molar-refractivity contribution in [1.29, 1.82) is 0 Å². The smallest absolute Gasteiger partial charge is 0.262 e. The number of amides is 3. The number of H-pyrrole nitrogens is 1. The molecular formula is C25H21N5O4S. The monoisotopic (exact) mass is 487 g/mol. The molecule has 0 aliphatic carbocycles. The number of aromatic amines is 1. The van der Waals surface area contributed by atoms with E-state index in [1.165, 1.54) is 17.7 Å². The van der Waals surface area contributed by atoms with E-state index in [2.05, 4.69) is 20.3 Å². The molecule has 1 aliphatic rings. The summed E-state index contributed by atoms with van der Waals surface area (Å²) in [5.41, 5.74) is 2.81. The average Bonchev–Trinajstić information content (AvgIpc) is 3.57. The van der Waals surface area contributed by atoms with E-state index in [0.717, 1.165) is 26.8 Å². The van der Waals surface area contributed by atoms with Crippen LogP contribution in [0, 0.1) is 6.92 Å². The third-order valence-electron chi connectivity index (χ3n) is 5.80. The summed E-state index contributed by atoms with van der Waals surface area (Å²) in [4.78, 5) is 53.1. The van der Waals surface area contributed by atoms with E-state index in [9.17, 15) is 14.4 Å². The average molecular weight is 488 g/mol. The molecule has 0 bridgehead atoms. The number of imidazole rings is 1. The Morgan fingerprint density at radius 2 is 1.80 bits per heavy atom. The molecule has 1 unspecified atom stereocenters. The van der Waals surface area contributed by atoms with Crippen LogP contribution in [0.3, 0.4) is 0 Å². The van der Waals surface area contributed by atoms with Crippen LogP contribution < -0.4 is 10.1 Å². The molecule has 1 aliphatic heterocycles. The molecular weight excluding hydrogens is 466 g/mol. The van der Waals surface area contributed by atoms with Crippen molar-refractivity contribution in [3.05, 3.63) is 82.8 Å². The molecule has 35 heavy (non-hydrogen) atoms. The minimum Gasteiger partial charge on any atom is -0.497 e. The van der Waals surface area contributed by atoms with Crippen LogP contribution in [-0.4, -0.2) is 50.7 Å². The Hall–Kier alpha value is -4.31. The van der Waals surface area contributed by atoms with Gasteiger partial charge in [-0.3, -0.25) is 19.3 Å². The van der Waals surface area contributed by atoms with Gasteiger partial charge in [0.1, 0.15) is 11.8 Å². The number of thiazole rings is 1. The first kappa shape index (κ1) is 22.5. The number of nitrogens with one attached hydrogen (secondary N) is 2. The highest BCUT2D eigenvalue weighted by Crippen LogP contribution is 2.32. The lowest BCUT2D eigenvalue weighted by molar-refractivity contribution is -0.119. The van der Waals surface area contributed by atoms with Crippen molar-refractivity contribution in [2.75, 3.05) is 12.4 Å². The van der Waals surface area contributed by atoms with Gasteiger partial charge in [0, 0.05) is 28.8 Å². The fourth-order valence-electron chi connectivity index (χ4n) is 4.05. The number of methoxy groups -OCH3 is 1. The molecule has 0 saturated carbocycles. The van der Waals surface area contributed by atoms with Gasteiger partial charge in [-0.15, -0.1) is 11.3 Å². The number of nitrogens with zero attached hydrogens (tertiary/aromatic N) is 3. The number of benzene rings is 2. The van der Waals surface area contributed by atoms with Crippen molar-refractivity contribution >= 4 is 34.2 Å². The standard InChI is InChI=1S/C25H21N5O4S/c1-14-21(15-7-9-17(34-2)10-8-15)28-25(35-14)29-22(31)20(11-16-12-26-13-27-16)30-23(32)18-5-3-4-6-19(18)24(30)33/h3-10,12-13,20H,11H2,1-2H3,(H,26,27)(H,28,29,31). The molecule has 0 radical (unpaired) electrons. The molecule has 2 aromatic heterocycles. The van der Waals surface area contributed by atoms with Gasteiger partial charge in [0.05, 0.1) is 30.3 Å². The van der Waals surface area contributed by atoms with Crippen LogP contribution in [0.2, 0.25) is 0 Å². The van der Waals surface area contributed by atoms with E-state index >= 15 is 0 Å². The predicted molar refractivity (Wildman–Crippen MR) is 130 cm³/mol. The summed E-state index contributed by atoms with van der Waals surface area (Å²) in [5.74, 6) is -0.777. The van der Waals surface area contributed by atoms with Crippen molar-refractivity contribution in [2.45, 2.75) is 19.4 Å². The lowest BCUT2D eigenvalue weighted by Gasteiger charge is -2.24. The predicted octanol–water partition coefficient (Wildman–Crippen LogP) is 3.70. The maximum Gasteiger partial charge on any atom is 0.262 e. The molecule has 3 amide bonds. The Labute approximate surface area is 204 Å². The highest BCUT2D eigenvalue weighted by Gasteiger charge is 2.43. The van der Waals surface area contributed by atoms with Gasteiger partial charge in [-0.25, -0.2) is 9.97 Å². The number of hydrogen-bond acceptors (Lipinski definition) is 7. The molecule has 0 saturated heterocycles. The number of carbonyl (C=O) groups excluding carboxylic acids is 3. The highest BCUT2D eigenvalue weighted by atomic mass is 32.1. The number of ether oxygens (including phenoxy) is 1. The van der Waals surface area contributed by atoms with Crippen molar-refractivity contribution in [2.24, 2.45) is 0 Å². The van der Waals surface area contributed by atoms with Gasteiger partial charge in [-0.05, 0) is 43.3 Å². The van der Waals surface area contributed by atoms with E-state index < -0.39 is 23.8 Å². The third kappa shape index (κ3) is 4.19. The van der Waals surface area contributed by atoms with Gasteiger partial charge in [0.15, 0.2) is 5.13 Å².